The minimum atomic E-state index is -0.289. The third kappa shape index (κ3) is 3.21. The zero-order chi connectivity index (χ0) is 14.0. The Kier molecular flexibility index (Phi) is 4.01. The fraction of sp³-hybridized carbons (Fsp3) is 0.273. The fourth-order valence-electron chi connectivity index (χ4n) is 1.58. The Hall–Kier alpha value is -1.66. The quantitative estimate of drug-likeness (QED) is 0.882. The average molecular weight is 300 g/mol. The number of nitrogens with one attached hydrogen (secondary N) is 1. The maximum Gasteiger partial charge on any atom is 0.247 e. The first-order chi connectivity index (χ1) is 8.97. The van der Waals surface area contributed by atoms with Crippen molar-refractivity contribution in [1.82, 2.24) is 19.7 Å². The molecule has 8 heteroatoms. The Bertz CT molecular complexity index is 626. The van der Waals surface area contributed by atoms with Crippen molar-refractivity contribution in [3.05, 3.63) is 34.0 Å². The second kappa shape index (κ2) is 5.54. The lowest BCUT2D eigenvalue weighted by molar-refractivity contribution is -0.117. The lowest BCUT2D eigenvalue weighted by Gasteiger charge is -2.07. The minimum Gasteiger partial charge on any atom is -0.308 e. The summed E-state index contributed by atoms with van der Waals surface area (Å²) in [4.78, 5) is 19.4. The van der Waals surface area contributed by atoms with Crippen molar-refractivity contribution in [3.8, 4) is 0 Å². The average Bonchev–Trinajstić information content (AvgIpc) is 2.64. The van der Waals surface area contributed by atoms with Crippen LogP contribution in [-0.2, 0) is 11.3 Å². The molecule has 0 aliphatic heterocycles. The van der Waals surface area contributed by atoms with E-state index in [1.807, 2.05) is 19.9 Å². The smallest absolute Gasteiger partial charge is 0.247 e. The maximum atomic E-state index is 11.9. The fourth-order valence-corrected chi connectivity index (χ4v) is 1.86. The van der Waals surface area contributed by atoms with Gasteiger partial charge in [0.1, 0.15) is 17.9 Å². The van der Waals surface area contributed by atoms with E-state index in [2.05, 4.69) is 20.4 Å². The minimum absolute atomic E-state index is 0.0810. The topological polar surface area (TPSA) is 72.7 Å². The van der Waals surface area contributed by atoms with Crippen molar-refractivity contribution >= 4 is 34.9 Å². The number of nitrogens with zero attached hydrogens (tertiary/aromatic N) is 4. The van der Waals surface area contributed by atoms with Crippen molar-refractivity contribution in [1.29, 1.82) is 0 Å². The molecule has 2 aromatic heterocycles. The molecule has 0 unspecified atom stereocenters. The summed E-state index contributed by atoms with van der Waals surface area (Å²) in [6.45, 7) is 3.82. The van der Waals surface area contributed by atoms with Crippen LogP contribution in [-0.4, -0.2) is 25.7 Å². The Morgan fingerprint density at radius 1 is 1.37 bits per heavy atom. The summed E-state index contributed by atoms with van der Waals surface area (Å²) in [7, 11) is 0. The van der Waals surface area contributed by atoms with E-state index in [0.717, 1.165) is 11.4 Å². The molecule has 19 heavy (non-hydrogen) atoms. The lowest BCUT2D eigenvalue weighted by atomic mass is 10.4. The Morgan fingerprint density at radius 2 is 2.11 bits per heavy atom. The van der Waals surface area contributed by atoms with E-state index in [9.17, 15) is 4.79 Å². The second-order valence-electron chi connectivity index (χ2n) is 3.96. The first kappa shape index (κ1) is 13.8. The van der Waals surface area contributed by atoms with Gasteiger partial charge in [-0.3, -0.25) is 9.48 Å². The molecule has 1 amide bonds. The van der Waals surface area contributed by atoms with Gasteiger partial charge < -0.3 is 5.32 Å². The molecule has 0 atom stereocenters. The number of rotatable bonds is 3. The van der Waals surface area contributed by atoms with Crippen LogP contribution >= 0.6 is 23.2 Å². The lowest BCUT2D eigenvalue weighted by Crippen LogP contribution is -2.21. The van der Waals surface area contributed by atoms with E-state index < -0.39 is 0 Å². The van der Waals surface area contributed by atoms with Crippen LogP contribution in [0.4, 0.5) is 5.82 Å². The third-order valence-electron chi connectivity index (χ3n) is 2.40. The van der Waals surface area contributed by atoms with Crippen molar-refractivity contribution in [3.63, 3.8) is 0 Å². The van der Waals surface area contributed by atoms with Gasteiger partial charge in [0.25, 0.3) is 0 Å². The molecule has 0 fully saturated rings. The molecular weight excluding hydrogens is 289 g/mol. The summed E-state index contributed by atoms with van der Waals surface area (Å²) >= 11 is 11.6. The van der Waals surface area contributed by atoms with Crippen LogP contribution in [0.1, 0.15) is 11.4 Å². The number of halogens is 2. The van der Waals surface area contributed by atoms with Gasteiger partial charge in [0, 0.05) is 5.69 Å². The maximum absolute atomic E-state index is 11.9. The Labute approximate surface area is 119 Å². The van der Waals surface area contributed by atoms with Crippen LogP contribution in [0, 0.1) is 13.8 Å². The molecule has 2 heterocycles. The zero-order valence-corrected chi connectivity index (χ0v) is 11.8. The van der Waals surface area contributed by atoms with Crippen LogP contribution in [0.3, 0.4) is 0 Å². The third-order valence-corrected chi connectivity index (χ3v) is 3.14. The number of amides is 1. The molecule has 6 nitrogen and oxygen atoms in total. The molecule has 0 bridgehead atoms. The van der Waals surface area contributed by atoms with Gasteiger partial charge in [-0.05, 0) is 19.9 Å². The van der Waals surface area contributed by atoms with Crippen LogP contribution in [0.25, 0.3) is 0 Å². The Morgan fingerprint density at radius 3 is 2.74 bits per heavy atom. The van der Waals surface area contributed by atoms with E-state index in [1.165, 1.54) is 6.33 Å². The predicted molar refractivity (Wildman–Crippen MR) is 72.4 cm³/mol. The number of carbonyl (C=O) groups is 1. The molecular formula is C11H11Cl2N5O. The largest absolute Gasteiger partial charge is 0.308 e. The molecule has 2 rings (SSSR count). The standard InChI is InChI=1S/C11H11Cl2N5O/c1-6-3-7(2)18(17-6)4-8(19)16-11-9(12)10(13)14-5-15-11/h3,5H,4H2,1-2H3,(H,14,15,16,19). The van der Waals surface area contributed by atoms with Gasteiger partial charge >= 0.3 is 0 Å². The zero-order valence-electron chi connectivity index (χ0n) is 10.3. The summed E-state index contributed by atoms with van der Waals surface area (Å²) < 4.78 is 1.60. The molecule has 0 aromatic carbocycles. The normalized spacial score (nSPS) is 10.5. The van der Waals surface area contributed by atoms with E-state index in [-0.39, 0.29) is 28.4 Å². The molecule has 0 spiro atoms. The summed E-state index contributed by atoms with van der Waals surface area (Å²) in [6.07, 6.45) is 1.23. The first-order valence-corrected chi connectivity index (χ1v) is 6.20. The van der Waals surface area contributed by atoms with Gasteiger partial charge in [-0.15, -0.1) is 0 Å². The van der Waals surface area contributed by atoms with Crippen LogP contribution in [0.5, 0.6) is 0 Å². The monoisotopic (exact) mass is 299 g/mol. The van der Waals surface area contributed by atoms with Gasteiger partial charge in [0.15, 0.2) is 11.0 Å². The number of hydrogen-bond acceptors (Lipinski definition) is 4. The summed E-state index contributed by atoms with van der Waals surface area (Å²) in [5.41, 5.74) is 1.76. The molecule has 0 aliphatic rings. The predicted octanol–water partition coefficient (Wildman–Crippen LogP) is 2.24. The van der Waals surface area contributed by atoms with Gasteiger partial charge in [0.2, 0.25) is 5.91 Å². The van der Waals surface area contributed by atoms with Gasteiger partial charge in [0.05, 0.1) is 5.69 Å². The highest BCUT2D eigenvalue weighted by atomic mass is 35.5. The van der Waals surface area contributed by atoms with Crippen molar-refractivity contribution in [2.75, 3.05) is 5.32 Å². The number of carbonyl (C=O) groups excluding carboxylic acids is 1. The van der Waals surface area contributed by atoms with E-state index in [0.29, 0.717) is 0 Å². The van der Waals surface area contributed by atoms with Gasteiger partial charge in [-0.25, -0.2) is 9.97 Å². The van der Waals surface area contributed by atoms with E-state index in [1.54, 1.807) is 4.68 Å². The highest BCUT2D eigenvalue weighted by Gasteiger charge is 2.12. The van der Waals surface area contributed by atoms with Crippen LogP contribution in [0.15, 0.2) is 12.4 Å². The summed E-state index contributed by atoms with van der Waals surface area (Å²) in [6, 6.07) is 1.89. The molecule has 2 aromatic rings. The second-order valence-corrected chi connectivity index (χ2v) is 4.70. The molecule has 0 radical (unpaired) electrons. The van der Waals surface area contributed by atoms with Gasteiger partial charge in [-0.1, -0.05) is 23.2 Å². The number of hydrogen-bond donors (Lipinski definition) is 1. The highest BCUT2D eigenvalue weighted by molar-refractivity contribution is 6.42. The van der Waals surface area contributed by atoms with Crippen molar-refractivity contribution < 1.29 is 4.79 Å². The summed E-state index contributed by atoms with van der Waals surface area (Å²) in [5.74, 6) is -0.101. The van der Waals surface area contributed by atoms with E-state index >= 15 is 0 Å². The van der Waals surface area contributed by atoms with Crippen molar-refractivity contribution in [2.24, 2.45) is 0 Å². The molecule has 0 aliphatic carbocycles. The molecule has 1 N–H and O–H groups in total. The van der Waals surface area contributed by atoms with Crippen molar-refractivity contribution in [2.45, 2.75) is 20.4 Å². The first-order valence-electron chi connectivity index (χ1n) is 5.44. The SMILES string of the molecule is Cc1cc(C)n(CC(=O)Nc2ncnc(Cl)c2Cl)n1. The molecule has 0 saturated heterocycles. The number of aromatic nitrogens is 4. The molecule has 100 valence electrons. The Balaban J connectivity index is 2.10. The van der Waals surface area contributed by atoms with Gasteiger partial charge in [-0.2, -0.15) is 5.10 Å². The summed E-state index contributed by atoms with van der Waals surface area (Å²) in [5, 5.41) is 6.98. The number of aryl methyl sites for hydroxylation is 2. The molecule has 0 saturated carbocycles. The van der Waals surface area contributed by atoms with Crippen LogP contribution < -0.4 is 5.32 Å². The van der Waals surface area contributed by atoms with Crippen LogP contribution in [0.2, 0.25) is 10.2 Å². The van der Waals surface area contributed by atoms with E-state index in [4.69, 9.17) is 23.2 Å². The highest BCUT2D eigenvalue weighted by Crippen LogP contribution is 2.25. The number of anilines is 1.